The van der Waals surface area contributed by atoms with E-state index in [9.17, 15) is 9.90 Å². The molecule has 1 fully saturated rings. The molecule has 1 aliphatic heterocycles. The Labute approximate surface area is 144 Å². The average molecular weight is 333 g/mol. The number of amides is 1. The minimum Gasteiger partial charge on any atom is -0.509 e. The third-order valence-corrected chi connectivity index (χ3v) is 5.68. The van der Waals surface area contributed by atoms with E-state index >= 15 is 4.39 Å². The molecule has 2 unspecified atom stereocenters. The zero-order chi connectivity index (χ0) is 18.0. The standard InChI is InChI=1S/C20H28FNO2/c1-5-10-14(3)19(4,15(21)11-6-2)16-17(23)20(22-18(16)24)12-8-7-9-13-20/h5-6,10,15,23H,1-2,7-9,11-13H2,3-4H3,(H,22,24)/b14-10-. The van der Waals surface area contributed by atoms with Crippen molar-refractivity contribution in [1.29, 1.82) is 0 Å². The molecule has 132 valence electrons. The molecule has 2 aliphatic rings. The van der Waals surface area contributed by atoms with Crippen molar-refractivity contribution in [2.24, 2.45) is 5.41 Å². The summed E-state index contributed by atoms with van der Waals surface area (Å²) < 4.78 is 15.1. The summed E-state index contributed by atoms with van der Waals surface area (Å²) in [4.78, 5) is 12.7. The van der Waals surface area contributed by atoms with Gasteiger partial charge < -0.3 is 10.4 Å². The van der Waals surface area contributed by atoms with Gasteiger partial charge in [-0.1, -0.05) is 49.6 Å². The summed E-state index contributed by atoms with van der Waals surface area (Å²) in [6.45, 7) is 10.7. The number of halogens is 1. The first kappa shape index (κ1) is 18.5. The number of hydrogen-bond acceptors (Lipinski definition) is 2. The van der Waals surface area contributed by atoms with Gasteiger partial charge >= 0.3 is 0 Å². The number of nitrogens with one attached hydrogen (secondary N) is 1. The summed E-state index contributed by atoms with van der Waals surface area (Å²) in [5.74, 6) is -0.335. The Bertz CT molecular complexity index is 599. The number of aliphatic hydroxyl groups is 1. The molecule has 0 aromatic heterocycles. The molecule has 0 radical (unpaired) electrons. The van der Waals surface area contributed by atoms with E-state index < -0.39 is 17.1 Å². The zero-order valence-corrected chi connectivity index (χ0v) is 14.7. The van der Waals surface area contributed by atoms with E-state index in [0.717, 1.165) is 19.3 Å². The molecule has 0 aromatic carbocycles. The maximum absolute atomic E-state index is 15.1. The van der Waals surface area contributed by atoms with Crippen molar-refractivity contribution < 1.29 is 14.3 Å². The number of carbonyl (C=O) groups is 1. The Kier molecular flexibility index (Phi) is 5.36. The van der Waals surface area contributed by atoms with Crippen molar-refractivity contribution in [3.63, 3.8) is 0 Å². The van der Waals surface area contributed by atoms with Crippen molar-refractivity contribution in [2.75, 3.05) is 0 Å². The second-order valence-electron chi connectivity index (χ2n) is 7.10. The van der Waals surface area contributed by atoms with Gasteiger partial charge in [-0.25, -0.2) is 4.39 Å². The van der Waals surface area contributed by atoms with Crippen LogP contribution in [0.25, 0.3) is 0 Å². The van der Waals surface area contributed by atoms with Crippen molar-refractivity contribution in [3.8, 4) is 0 Å². The normalized spacial score (nSPS) is 24.5. The summed E-state index contributed by atoms with van der Waals surface area (Å²) in [7, 11) is 0. The zero-order valence-electron chi connectivity index (χ0n) is 14.7. The molecule has 2 N–H and O–H groups in total. The van der Waals surface area contributed by atoms with Crippen LogP contribution in [0.1, 0.15) is 52.4 Å². The highest BCUT2D eigenvalue weighted by Crippen LogP contribution is 2.49. The van der Waals surface area contributed by atoms with E-state index in [1.54, 1.807) is 26.0 Å². The molecule has 0 aromatic rings. The Hall–Kier alpha value is -1.84. The van der Waals surface area contributed by atoms with Crippen LogP contribution in [-0.2, 0) is 4.79 Å². The maximum Gasteiger partial charge on any atom is 0.252 e. The molecule has 0 saturated heterocycles. The van der Waals surface area contributed by atoms with Gasteiger partial charge in [0.05, 0.1) is 16.5 Å². The summed E-state index contributed by atoms with van der Waals surface area (Å²) in [6.07, 6.45) is 7.93. The summed E-state index contributed by atoms with van der Waals surface area (Å²) in [6, 6.07) is 0. The van der Waals surface area contributed by atoms with E-state index in [1.165, 1.54) is 6.08 Å². The fourth-order valence-electron chi connectivity index (χ4n) is 4.02. The molecule has 4 heteroatoms. The lowest BCUT2D eigenvalue weighted by atomic mass is 9.69. The van der Waals surface area contributed by atoms with Gasteiger partial charge in [0.25, 0.3) is 5.91 Å². The van der Waals surface area contributed by atoms with Gasteiger partial charge in [-0.3, -0.25) is 4.79 Å². The third-order valence-electron chi connectivity index (χ3n) is 5.68. The minimum absolute atomic E-state index is 0.0261. The van der Waals surface area contributed by atoms with Crippen LogP contribution in [0.15, 0.2) is 48.3 Å². The van der Waals surface area contributed by atoms with Gasteiger partial charge in [0.15, 0.2) is 0 Å². The lowest BCUT2D eigenvalue weighted by Gasteiger charge is -2.35. The number of alkyl halides is 1. The number of carbonyl (C=O) groups excluding carboxylic acids is 1. The lowest BCUT2D eigenvalue weighted by Crippen LogP contribution is -2.46. The van der Waals surface area contributed by atoms with E-state index in [-0.39, 0.29) is 23.7 Å². The van der Waals surface area contributed by atoms with Gasteiger partial charge in [0.1, 0.15) is 11.9 Å². The fourth-order valence-corrected chi connectivity index (χ4v) is 4.02. The number of hydrogen-bond donors (Lipinski definition) is 2. The molecular formula is C20H28FNO2. The molecule has 1 spiro atoms. The van der Waals surface area contributed by atoms with Crippen molar-refractivity contribution in [2.45, 2.75) is 64.1 Å². The van der Waals surface area contributed by atoms with Crippen LogP contribution in [-0.4, -0.2) is 22.7 Å². The monoisotopic (exact) mass is 333 g/mol. The maximum atomic E-state index is 15.1. The number of aliphatic hydroxyl groups excluding tert-OH is 1. The van der Waals surface area contributed by atoms with Crippen LogP contribution in [0.3, 0.4) is 0 Å². The Morgan fingerprint density at radius 2 is 2.04 bits per heavy atom. The van der Waals surface area contributed by atoms with Crippen molar-refractivity contribution in [1.82, 2.24) is 5.32 Å². The molecule has 24 heavy (non-hydrogen) atoms. The van der Waals surface area contributed by atoms with Gasteiger partial charge in [-0.2, -0.15) is 0 Å². The van der Waals surface area contributed by atoms with Crippen molar-refractivity contribution >= 4 is 5.91 Å². The van der Waals surface area contributed by atoms with Gasteiger partial charge in [-0.15, -0.1) is 6.58 Å². The lowest BCUT2D eigenvalue weighted by molar-refractivity contribution is -0.119. The molecule has 0 bridgehead atoms. The summed E-state index contributed by atoms with van der Waals surface area (Å²) in [5, 5.41) is 13.9. The number of rotatable bonds is 6. The van der Waals surface area contributed by atoms with Crippen LogP contribution in [0.4, 0.5) is 4.39 Å². The molecule has 1 heterocycles. The Morgan fingerprint density at radius 3 is 2.58 bits per heavy atom. The second-order valence-corrected chi connectivity index (χ2v) is 7.10. The van der Waals surface area contributed by atoms with E-state index in [4.69, 9.17) is 0 Å². The fraction of sp³-hybridized carbons (Fsp3) is 0.550. The highest BCUT2D eigenvalue weighted by atomic mass is 19.1. The van der Waals surface area contributed by atoms with E-state index in [2.05, 4.69) is 18.5 Å². The predicted octanol–water partition coefficient (Wildman–Crippen LogP) is 4.68. The first-order valence-corrected chi connectivity index (χ1v) is 8.65. The van der Waals surface area contributed by atoms with Gasteiger partial charge in [0.2, 0.25) is 0 Å². The highest BCUT2D eigenvalue weighted by molar-refractivity contribution is 6.00. The van der Waals surface area contributed by atoms with Crippen LogP contribution in [0.5, 0.6) is 0 Å². The summed E-state index contributed by atoms with van der Waals surface area (Å²) in [5.41, 5.74) is -1.10. The predicted molar refractivity (Wildman–Crippen MR) is 95.4 cm³/mol. The average Bonchev–Trinajstić information content (AvgIpc) is 2.78. The van der Waals surface area contributed by atoms with Crippen LogP contribution in [0, 0.1) is 5.41 Å². The summed E-state index contributed by atoms with van der Waals surface area (Å²) >= 11 is 0. The third kappa shape index (κ3) is 2.83. The number of allylic oxidation sites excluding steroid dienone is 4. The van der Waals surface area contributed by atoms with E-state index in [0.29, 0.717) is 18.4 Å². The van der Waals surface area contributed by atoms with E-state index in [1.807, 2.05) is 0 Å². The second kappa shape index (κ2) is 6.96. The quantitative estimate of drug-likeness (QED) is 0.547. The van der Waals surface area contributed by atoms with Gasteiger partial charge in [0, 0.05) is 0 Å². The smallest absolute Gasteiger partial charge is 0.252 e. The Balaban J connectivity index is 2.59. The first-order valence-electron chi connectivity index (χ1n) is 8.65. The molecule has 3 nitrogen and oxygen atoms in total. The van der Waals surface area contributed by atoms with Crippen molar-refractivity contribution in [3.05, 3.63) is 48.3 Å². The molecule has 2 atom stereocenters. The topological polar surface area (TPSA) is 49.3 Å². The van der Waals surface area contributed by atoms with Crippen LogP contribution < -0.4 is 5.32 Å². The minimum atomic E-state index is -1.35. The molecular weight excluding hydrogens is 305 g/mol. The highest BCUT2D eigenvalue weighted by Gasteiger charge is 2.54. The van der Waals surface area contributed by atoms with Crippen LogP contribution in [0.2, 0.25) is 0 Å². The molecule has 2 rings (SSSR count). The molecule has 1 amide bonds. The Morgan fingerprint density at radius 1 is 1.42 bits per heavy atom. The van der Waals surface area contributed by atoms with Gasteiger partial charge in [-0.05, 0) is 33.1 Å². The molecule has 1 aliphatic carbocycles. The van der Waals surface area contributed by atoms with Crippen LogP contribution >= 0.6 is 0 Å². The SMILES string of the molecule is C=C/C=C(/C)C(C)(C1=C(O)C2(CCCCC2)NC1=O)C(F)CC=C. The first-order chi connectivity index (χ1) is 11.3. The molecule has 1 saturated carbocycles. The largest absolute Gasteiger partial charge is 0.509 e.